The predicted octanol–water partition coefficient (Wildman–Crippen LogP) is 2.45. The number of aromatic nitrogens is 1. The Bertz CT molecular complexity index is 638. The molecular weight excluding hydrogens is 268 g/mol. The Kier molecular flexibility index (Phi) is 2.68. The van der Waals surface area contributed by atoms with Crippen molar-refractivity contribution in [3.8, 4) is 0 Å². The highest BCUT2D eigenvalue weighted by atomic mass is 32.2. The molecule has 1 aromatic heterocycles. The second-order valence-corrected chi connectivity index (χ2v) is 5.99. The molecule has 0 saturated heterocycles. The van der Waals surface area contributed by atoms with Gasteiger partial charge in [-0.1, -0.05) is 11.8 Å². The number of benzene rings is 1. The number of hydrogen-bond donors (Lipinski definition) is 0. The van der Waals surface area contributed by atoms with Gasteiger partial charge < -0.3 is 4.90 Å². The van der Waals surface area contributed by atoms with Gasteiger partial charge in [-0.15, -0.1) is 11.3 Å². The monoisotopic (exact) mass is 276 g/mol. The van der Waals surface area contributed by atoms with E-state index < -0.39 is 11.7 Å². The number of carbonyl (C=O) groups is 2. The molecule has 1 amide bonds. The third-order valence-electron chi connectivity index (χ3n) is 2.69. The lowest BCUT2D eigenvalue weighted by Crippen LogP contribution is -2.24. The maximum absolute atomic E-state index is 11.6. The minimum atomic E-state index is -0.471. The van der Waals surface area contributed by atoms with Gasteiger partial charge in [-0.05, 0) is 18.2 Å². The highest BCUT2D eigenvalue weighted by molar-refractivity contribution is 8.01. The molecule has 0 radical (unpaired) electrons. The van der Waals surface area contributed by atoms with E-state index in [1.807, 2.05) is 17.5 Å². The molecule has 4 nitrogen and oxygen atoms in total. The number of fused-ring (bicyclic) bond motifs is 1. The molecule has 1 aliphatic heterocycles. The summed E-state index contributed by atoms with van der Waals surface area (Å²) < 4.78 is 0.938. The summed E-state index contributed by atoms with van der Waals surface area (Å²) in [6.45, 7) is 0. The van der Waals surface area contributed by atoms with Gasteiger partial charge in [0.25, 0.3) is 11.7 Å². The number of likely N-dealkylation sites (N-methyl/N-ethyl adjacent to an activating group) is 1. The fourth-order valence-corrected chi connectivity index (χ4v) is 3.41. The zero-order chi connectivity index (χ0) is 12.7. The zero-order valence-electron chi connectivity index (χ0n) is 9.41. The van der Waals surface area contributed by atoms with Gasteiger partial charge in [0.05, 0.1) is 11.3 Å². The van der Waals surface area contributed by atoms with E-state index in [0.29, 0.717) is 11.3 Å². The Morgan fingerprint density at radius 3 is 2.89 bits per heavy atom. The van der Waals surface area contributed by atoms with Gasteiger partial charge in [0.15, 0.2) is 4.34 Å². The first-order valence-electron chi connectivity index (χ1n) is 5.20. The summed E-state index contributed by atoms with van der Waals surface area (Å²) in [6.07, 6.45) is 1.75. The van der Waals surface area contributed by atoms with E-state index in [0.717, 1.165) is 9.24 Å². The number of thiazole rings is 1. The molecule has 1 aliphatic rings. The summed E-state index contributed by atoms with van der Waals surface area (Å²) in [5, 5.41) is 1.91. The quantitative estimate of drug-likeness (QED) is 0.791. The van der Waals surface area contributed by atoms with E-state index in [4.69, 9.17) is 0 Å². The molecule has 90 valence electrons. The van der Waals surface area contributed by atoms with Crippen LogP contribution >= 0.6 is 23.1 Å². The van der Waals surface area contributed by atoms with Crippen molar-refractivity contribution in [1.29, 1.82) is 0 Å². The summed E-state index contributed by atoms with van der Waals surface area (Å²) in [5.41, 5.74) is 1.15. The van der Waals surface area contributed by atoms with Crippen LogP contribution in [0, 0.1) is 0 Å². The number of anilines is 1. The number of hydrogen-bond acceptors (Lipinski definition) is 5. The number of nitrogens with zero attached hydrogens (tertiary/aromatic N) is 2. The molecule has 0 unspecified atom stereocenters. The molecule has 3 rings (SSSR count). The largest absolute Gasteiger partial charge is 0.308 e. The number of Topliss-reactive ketones (excluding diaryl/α,β-unsaturated/α-hetero) is 1. The molecule has 1 aromatic carbocycles. The molecule has 0 fully saturated rings. The standard InChI is InChI=1S/C12H8N2O2S2/c1-14-9-6-7(18-12-13-4-5-17-12)2-3-8(9)10(15)11(14)16/h2-6H,1H3. The minimum absolute atomic E-state index is 0.432. The van der Waals surface area contributed by atoms with Crippen molar-refractivity contribution in [2.45, 2.75) is 9.24 Å². The molecule has 2 heterocycles. The molecule has 0 atom stereocenters. The van der Waals surface area contributed by atoms with E-state index >= 15 is 0 Å². The zero-order valence-corrected chi connectivity index (χ0v) is 11.0. The topological polar surface area (TPSA) is 50.3 Å². The van der Waals surface area contributed by atoms with Crippen LogP contribution in [0.25, 0.3) is 0 Å². The van der Waals surface area contributed by atoms with Crippen molar-refractivity contribution in [3.63, 3.8) is 0 Å². The van der Waals surface area contributed by atoms with Gasteiger partial charge in [0.2, 0.25) is 0 Å². The fraction of sp³-hybridized carbons (Fsp3) is 0.0833. The Morgan fingerprint density at radius 2 is 2.17 bits per heavy atom. The van der Waals surface area contributed by atoms with Crippen molar-refractivity contribution in [1.82, 2.24) is 4.98 Å². The van der Waals surface area contributed by atoms with E-state index in [1.165, 1.54) is 16.7 Å². The van der Waals surface area contributed by atoms with Crippen LogP contribution in [0.2, 0.25) is 0 Å². The molecule has 0 spiro atoms. The number of rotatable bonds is 2. The summed E-state index contributed by atoms with van der Waals surface area (Å²) in [4.78, 5) is 29.7. The van der Waals surface area contributed by atoms with E-state index in [9.17, 15) is 9.59 Å². The first kappa shape index (κ1) is 11.4. The van der Waals surface area contributed by atoms with Gasteiger partial charge in [0.1, 0.15) is 0 Å². The Labute approximate surface area is 112 Å². The lowest BCUT2D eigenvalue weighted by molar-refractivity contribution is -0.114. The van der Waals surface area contributed by atoms with Crippen molar-refractivity contribution >= 4 is 40.5 Å². The van der Waals surface area contributed by atoms with Crippen LogP contribution in [0.4, 0.5) is 5.69 Å². The van der Waals surface area contributed by atoms with Crippen molar-refractivity contribution in [3.05, 3.63) is 35.3 Å². The lowest BCUT2D eigenvalue weighted by atomic mass is 10.1. The van der Waals surface area contributed by atoms with Gasteiger partial charge in [-0.25, -0.2) is 4.98 Å². The van der Waals surface area contributed by atoms with E-state index in [2.05, 4.69) is 4.98 Å². The average Bonchev–Trinajstić information content (AvgIpc) is 2.95. The third-order valence-corrected chi connectivity index (χ3v) is 4.56. The Balaban J connectivity index is 1.97. The van der Waals surface area contributed by atoms with Crippen molar-refractivity contribution < 1.29 is 9.59 Å². The van der Waals surface area contributed by atoms with Crippen LogP contribution in [0.5, 0.6) is 0 Å². The molecule has 18 heavy (non-hydrogen) atoms. The summed E-state index contributed by atoms with van der Waals surface area (Å²) >= 11 is 3.08. The molecular formula is C12H8N2O2S2. The Morgan fingerprint density at radius 1 is 1.33 bits per heavy atom. The SMILES string of the molecule is CN1C(=O)C(=O)c2ccc(Sc3nccs3)cc21. The summed E-state index contributed by atoms with van der Waals surface area (Å²) in [7, 11) is 1.61. The van der Waals surface area contributed by atoms with Gasteiger partial charge >= 0.3 is 0 Å². The van der Waals surface area contributed by atoms with Gasteiger partial charge in [-0.3, -0.25) is 9.59 Å². The number of ketones is 1. The number of amides is 1. The normalized spacial score (nSPS) is 14.2. The third kappa shape index (κ3) is 1.74. The van der Waals surface area contributed by atoms with Crippen LogP contribution in [-0.4, -0.2) is 23.7 Å². The highest BCUT2D eigenvalue weighted by Crippen LogP contribution is 2.35. The first-order valence-corrected chi connectivity index (χ1v) is 6.90. The first-order chi connectivity index (χ1) is 8.66. The predicted molar refractivity (Wildman–Crippen MR) is 70.4 cm³/mol. The molecule has 0 bridgehead atoms. The molecule has 0 N–H and O–H groups in total. The molecule has 2 aromatic rings. The van der Waals surface area contributed by atoms with E-state index in [-0.39, 0.29) is 0 Å². The number of carbonyl (C=O) groups excluding carboxylic acids is 2. The minimum Gasteiger partial charge on any atom is -0.308 e. The van der Waals surface area contributed by atoms with Gasteiger partial charge in [-0.2, -0.15) is 0 Å². The highest BCUT2D eigenvalue weighted by Gasteiger charge is 2.33. The van der Waals surface area contributed by atoms with Crippen LogP contribution in [-0.2, 0) is 4.79 Å². The average molecular weight is 276 g/mol. The maximum atomic E-state index is 11.6. The summed E-state index contributed by atoms with van der Waals surface area (Å²) in [6, 6.07) is 5.40. The van der Waals surface area contributed by atoms with E-state index in [1.54, 1.807) is 30.6 Å². The van der Waals surface area contributed by atoms with Crippen LogP contribution in [0.1, 0.15) is 10.4 Å². The van der Waals surface area contributed by atoms with Crippen molar-refractivity contribution in [2.24, 2.45) is 0 Å². The van der Waals surface area contributed by atoms with Crippen LogP contribution < -0.4 is 4.90 Å². The molecule has 0 aliphatic carbocycles. The molecule has 6 heteroatoms. The van der Waals surface area contributed by atoms with Crippen molar-refractivity contribution in [2.75, 3.05) is 11.9 Å². The second kappa shape index (κ2) is 4.22. The lowest BCUT2D eigenvalue weighted by Gasteiger charge is -2.09. The van der Waals surface area contributed by atoms with Gasteiger partial charge in [0, 0.05) is 23.5 Å². The van der Waals surface area contributed by atoms with Crippen LogP contribution in [0.3, 0.4) is 0 Å². The van der Waals surface area contributed by atoms with Crippen LogP contribution in [0.15, 0.2) is 39.0 Å². The smallest absolute Gasteiger partial charge is 0.299 e. The fourth-order valence-electron chi connectivity index (χ4n) is 1.78. The molecule has 0 saturated carbocycles. The second-order valence-electron chi connectivity index (χ2n) is 3.77. The maximum Gasteiger partial charge on any atom is 0.299 e. The Hall–Kier alpha value is -1.66. The summed E-state index contributed by atoms with van der Waals surface area (Å²) in [5.74, 6) is -0.903.